The van der Waals surface area contributed by atoms with Gasteiger partial charge in [-0.15, -0.1) is 0 Å². The molecule has 34 heavy (non-hydrogen) atoms. The fourth-order valence-electron chi connectivity index (χ4n) is 3.77. The molecule has 0 aliphatic carbocycles. The molecule has 0 unspecified atom stereocenters. The Balaban J connectivity index is 1.78. The zero-order valence-corrected chi connectivity index (χ0v) is 19.5. The Morgan fingerprint density at radius 1 is 1.12 bits per heavy atom. The van der Waals surface area contributed by atoms with Crippen LogP contribution in [0.5, 0.6) is 0 Å². The number of alkyl halides is 3. The van der Waals surface area contributed by atoms with Gasteiger partial charge >= 0.3 is 6.18 Å². The molecule has 1 aliphatic heterocycles. The number of ketones is 1. The molecule has 4 rings (SSSR count). The fraction of sp³-hybridized carbons (Fsp3) is 0.227. The SMILES string of the molecule is Cc1ccc(S(=O)(=O)Nc2cc(Cl)cnc2C(=O)c2c(C)cnc3c2CCN3)cc1C(F)(F)F. The van der Waals surface area contributed by atoms with Crippen molar-refractivity contribution in [1.29, 1.82) is 0 Å². The second-order valence-corrected chi connectivity index (χ2v) is 9.90. The second-order valence-electron chi connectivity index (χ2n) is 7.78. The number of rotatable bonds is 5. The minimum atomic E-state index is -4.73. The smallest absolute Gasteiger partial charge is 0.369 e. The summed E-state index contributed by atoms with van der Waals surface area (Å²) in [5, 5.41) is 3.11. The second kappa shape index (κ2) is 8.55. The first kappa shape index (κ1) is 24.0. The summed E-state index contributed by atoms with van der Waals surface area (Å²) in [6, 6.07) is 3.85. The van der Waals surface area contributed by atoms with Crippen LogP contribution in [0.15, 0.2) is 41.6 Å². The molecule has 0 spiro atoms. The molecule has 0 atom stereocenters. The molecule has 7 nitrogen and oxygen atoms in total. The summed E-state index contributed by atoms with van der Waals surface area (Å²) in [4.78, 5) is 21.1. The molecule has 1 aromatic carbocycles. The molecule has 0 radical (unpaired) electrons. The zero-order valence-electron chi connectivity index (χ0n) is 17.9. The first-order chi connectivity index (χ1) is 15.9. The third-order valence-corrected chi connectivity index (χ3v) is 6.97. The van der Waals surface area contributed by atoms with Crippen molar-refractivity contribution in [2.24, 2.45) is 0 Å². The number of pyridine rings is 2. The summed E-state index contributed by atoms with van der Waals surface area (Å²) in [5.41, 5.74) is -0.0916. The maximum atomic E-state index is 13.5. The number of nitrogens with zero attached hydrogens (tertiary/aromatic N) is 2. The van der Waals surface area contributed by atoms with Gasteiger partial charge in [-0.25, -0.2) is 18.4 Å². The van der Waals surface area contributed by atoms with Gasteiger partial charge in [0, 0.05) is 30.1 Å². The van der Waals surface area contributed by atoms with Gasteiger partial charge in [0.15, 0.2) is 0 Å². The van der Waals surface area contributed by atoms with E-state index in [9.17, 15) is 26.4 Å². The Bertz CT molecular complexity index is 1430. The molecule has 12 heteroatoms. The average molecular weight is 511 g/mol. The third kappa shape index (κ3) is 4.45. The van der Waals surface area contributed by atoms with Gasteiger partial charge in [0.1, 0.15) is 11.5 Å². The number of sulfonamides is 1. The van der Waals surface area contributed by atoms with Crippen LogP contribution in [0.3, 0.4) is 0 Å². The van der Waals surface area contributed by atoms with Crippen molar-refractivity contribution in [2.75, 3.05) is 16.6 Å². The Hall–Kier alpha value is -3.18. The fourth-order valence-corrected chi connectivity index (χ4v) is 5.01. The molecule has 2 N–H and O–H groups in total. The predicted molar refractivity (Wildman–Crippen MR) is 121 cm³/mol. The van der Waals surface area contributed by atoms with Gasteiger partial charge < -0.3 is 5.32 Å². The number of carbonyl (C=O) groups excluding carboxylic acids is 1. The number of aromatic nitrogens is 2. The Morgan fingerprint density at radius 3 is 2.56 bits per heavy atom. The number of carbonyl (C=O) groups is 1. The Labute approximate surface area is 198 Å². The molecule has 0 amide bonds. The van der Waals surface area contributed by atoms with Crippen LogP contribution in [0.25, 0.3) is 0 Å². The number of benzene rings is 1. The number of nitrogens with one attached hydrogen (secondary N) is 2. The molecule has 0 fully saturated rings. The highest BCUT2D eigenvalue weighted by Gasteiger charge is 2.34. The Kier molecular flexibility index (Phi) is 6.03. The van der Waals surface area contributed by atoms with Crippen molar-refractivity contribution in [1.82, 2.24) is 9.97 Å². The van der Waals surface area contributed by atoms with Crippen molar-refractivity contribution in [3.63, 3.8) is 0 Å². The zero-order chi connectivity index (χ0) is 24.8. The lowest BCUT2D eigenvalue weighted by Crippen LogP contribution is -2.19. The number of anilines is 2. The molecule has 178 valence electrons. The highest BCUT2D eigenvalue weighted by atomic mass is 35.5. The molecule has 0 saturated heterocycles. The predicted octanol–water partition coefficient (Wildman–Crippen LogP) is 4.77. The highest BCUT2D eigenvalue weighted by Crippen LogP contribution is 2.34. The van der Waals surface area contributed by atoms with Crippen LogP contribution in [-0.2, 0) is 22.6 Å². The van der Waals surface area contributed by atoms with E-state index in [-0.39, 0.29) is 22.0 Å². The standard InChI is InChI=1S/C22H18ClF3N4O3S/c1-11-3-4-14(8-16(11)22(24,25)26)34(32,33)30-17-7-13(23)10-28-19(17)20(31)18-12(2)9-29-21-15(18)5-6-27-21/h3-4,7-10,30H,5-6H2,1-2H3,(H,27,29). The van der Waals surface area contributed by atoms with Crippen molar-refractivity contribution in [2.45, 2.75) is 31.3 Å². The van der Waals surface area contributed by atoms with Crippen LogP contribution in [0.2, 0.25) is 5.02 Å². The Morgan fingerprint density at radius 2 is 1.85 bits per heavy atom. The highest BCUT2D eigenvalue weighted by molar-refractivity contribution is 7.92. The van der Waals surface area contributed by atoms with Gasteiger partial charge in [0.2, 0.25) is 5.78 Å². The van der Waals surface area contributed by atoms with E-state index in [1.807, 2.05) is 0 Å². The molecular weight excluding hydrogens is 493 g/mol. The normalized spacial score (nSPS) is 13.4. The van der Waals surface area contributed by atoms with Crippen LogP contribution in [0.1, 0.15) is 38.3 Å². The first-order valence-electron chi connectivity index (χ1n) is 10.0. The third-order valence-electron chi connectivity index (χ3n) is 5.40. The maximum Gasteiger partial charge on any atom is 0.416 e. The molecule has 3 aromatic rings. The minimum Gasteiger partial charge on any atom is -0.369 e. The lowest BCUT2D eigenvalue weighted by molar-refractivity contribution is -0.138. The minimum absolute atomic E-state index is 0.0347. The van der Waals surface area contributed by atoms with E-state index in [0.717, 1.165) is 12.1 Å². The van der Waals surface area contributed by atoms with Crippen molar-refractivity contribution < 1.29 is 26.4 Å². The molecular formula is C22H18ClF3N4O3S. The van der Waals surface area contributed by atoms with E-state index in [1.165, 1.54) is 25.4 Å². The van der Waals surface area contributed by atoms with Crippen LogP contribution in [-0.4, -0.2) is 30.7 Å². The molecule has 0 bridgehead atoms. The number of hydrogen-bond donors (Lipinski definition) is 2. The quantitative estimate of drug-likeness (QED) is 0.480. The summed E-state index contributed by atoms with van der Waals surface area (Å²) in [6.07, 6.45) is -1.48. The van der Waals surface area contributed by atoms with Gasteiger partial charge in [-0.1, -0.05) is 17.7 Å². The van der Waals surface area contributed by atoms with E-state index in [4.69, 9.17) is 11.6 Å². The van der Waals surface area contributed by atoms with E-state index in [1.54, 1.807) is 6.92 Å². The van der Waals surface area contributed by atoms with E-state index in [2.05, 4.69) is 20.0 Å². The van der Waals surface area contributed by atoms with Crippen LogP contribution >= 0.6 is 11.6 Å². The summed E-state index contributed by atoms with van der Waals surface area (Å²) in [7, 11) is -4.52. The van der Waals surface area contributed by atoms with Crippen LogP contribution in [0.4, 0.5) is 24.7 Å². The summed E-state index contributed by atoms with van der Waals surface area (Å²) < 4.78 is 68.1. The largest absolute Gasteiger partial charge is 0.416 e. The van der Waals surface area contributed by atoms with Crippen molar-refractivity contribution in [3.8, 4) is 0 Å². The topological polar surface area (TPSA) is 101 Å². The van der Waals surface area contributed by atoms with Gasteiger partial charge in [-0.05, 0) is 49.6 Å². The summed E-state index contributed by atoms with van der Waals surface area (Å²) >= 11 is 6.00. The summed E-state index contributed by atoms with van der Waals surface area (Å²) in [5.74, 6) is -0.00140. The molecule has 1 aliphatic rings. The monoisotopic (exact) mass is 510 g/mol. The molecule has 0 saturated carbocycles. The van der Waals surface area contributed by atoms with Crippen molar-refractivity contribution >= 4 is 38.9 Å². The van der Waals surface area contributed by atoms with E-state index in [0.29, 0.717) is 41.5 Å². The summed E-state index contributed by atoms with van der Waals surface area (Å²) in [6.45, 7) is 3.52. The lowest BCUT2D eigenvalue weighted by atomic mass is 9.97. The first-order valence-corrected chi connectivity index (χ1v) is 11.9. The maximum absolute atomic E-state index is 13.5. The lowest BCUT2D eigenvalue weighted by Gasteiger charge is -2.16. The number of aryl methyl sites for hydroxylation is 2. The average Bonchev–Trinajstić information content (AvgIpc) is 3.21. The van der Waals surface area contributed by atoms with Crippen molar-refractivity contribution in [3.05, 3.63) is 75.2 Å². The van der Waals surface area contributed by atoms with E-state index < -0.39 is 32.4 Å². The van der Waals surface area contributed by atoms with Crippen LogP contribution in [0, 0.1) is 13.8 Å². The molecule has 2 aromatic heterocycles. The van der Waals surface area contributed by atoms with Gasteiger partial charge in [0.05, 0.1) is 21.2 Å². The number of hydrogen-bond acceptors (Lipinski definition) is 6. The van der Waals surface area contributed by atoms with E-state index >= 15 is 0 Å². The van der Waals surface area contributed by atoms with Gasteiger partial charge in [-0.2, -0.15) is 13.2 Å². The number of halogens is 4. The van der Waals surface area contributed by atoms with Gasteiger partial charge in [0.25, 0.3) is 10.0 Å². The van der Waals surface area contributed by atoms with Crippen LogP contribution < -0.4 is 10.0 Å². The number of fused-ring (bicyclic) bond motifs is 1. The molecule has 3 heterocycles. The van der Waals surface area contributed by atoms with Gasteiger partial charge in [-0.3, -0.25) is 9.52 Å².